The van der Waals surface area contributed by atoms with Gasteiger partial charge in [0.25, 0.3) is 0 Å². The quantitative estimate of drug-likeness (QED) is 0.140. The van der Waals surface area contributed by atoms with E-state index in [9.17, 15) is 0 Å². The molecule has 0 radical (unpaired) electrons. The number of rotatable bonds is 10. The number of hydrogen-bond acceptors (Lipinski definition) is 7. The molecule has 0 atom stereocenters. The van der Waals surface area contributed by atoms with E-state index >= 15 is 0 Å². The third kappa shape index (κ3) is 7.25. The van der Waals surface area contributed by atoms with Gasteiger partial charge in [-0.25, -0.2) is 4.98 Å². The summed E-state index contributed by atoms with van der Waals surface area (Å²) in [5.74, 6) is 0.704. The summed E-state index contributed by atoms with van der Waals surface area (Å²) in [6.45, 7) is 0. The topological polar surface area (TPSA) is 58.0 Å². The molecule has 0 aliphatic heterocycles. The first-order chi connectivity index (χ1) is 27.3. The zero-order valence-corrected chi connectivity index (χ0v) is 30.5. The lowest BCUT2D eigenvalue weighted by Crippen LogP contribution is -2.11. The Kier molecular flexibility index (Phi) is 9.41. The lowest BCUT2D eigenvalue weighted by molar-refractivity contribution is 1.20. The van der Waals surface area contributed by atoms with E-state index in [1.807, 2.05) is 73.3 Å². The van der Waals surface area contributed by atoms with Gasteiger partial charge in [-0.05, 0) is 108 Å². The molecule has 0 fully saturated rings. The second-order valence-electron chi connectivity index (χ2n) is 13.0. The standard InChI is InChI=1S/C48H34N6S/c1-5-13-35(14-6-1)39-29-45(33-49-31-39)54(46-30-40(32-50-34-46)36-15-7-2-8-16-36)44-27-23-38(24-28-44)48-51-47(52-55-48)37-21-25-43(26-22-37)53(41-17-9-3-10-18-41)42-19-11-4-12-20-42/h1-34H. The molecule has 0 N–H and O–H groups in total. The Bertz CT molecular complexity index is 2510. The highest BCUT2D eigenvalue weighted by Gasteiger charge is 2.18. The van der Waals surface area contributed by atoms with Crippen molar-refractivity contribution in [2.75, 3.05) is 9.80 Å². The third-order valence-corrected chi connectivity index (χ3v) is 10.2. The van der Waals surface area contributed by atoms with Crippen LogP contribution in [-0.4, -0.2) is 19.3 Å². The van der Waals surface area contributed by atoms with Gasteiger partial charge < -0.3 is 9.80 Å². The number of benzene rings is 6. The van der Waals surface area contributed by atoms with Crippen LogP contribution in [-0.2, 0) is 0 Å². The summed E-state index contributed by atoms with van der Waals surface area (Å²) < 4.78 is 4.77. The zero-order chi connectivity index (χ0) is 36.8. The minimum atomic E-state index is 0.704. The third-order valence-electron chi connectivity index (χ3n) is 9.39. The van der Waals surface area contributed by atoms with Gasteiger partial charge in [-0.15, -0.1) is 0 Å². The molecule has 9 aromatic rings. The van der Waals surface area contributed by atoms with Crippen LogP contribution in [0.5, 0.6) is 0 Å². The highest BCUT2D eigenvalue weighted by molar-refractivity contribution is 7.09. The van der Waals surface area contributed by atoms with Crippen LogP contribution in [0.2, 0.25) is 0 Å². The highest BCUT2D eigenvalue weighted by atomic mass is 32.1. The smallest absolute Gasteiger partial charge is 0.173 e. The van der Waals surface area contributed by atoms with Crippen molar-refractivity contribution in [2.45, 2.75) is 0 Å². The fraction of sp³-hybridized carbons (Fsp3) is 0. The van der Waals surface area contributed by atoms with Gasteiger partial charge in [0.05, 0.1) is 23.8 Å². The van der Waals surface area contributed by atoms with Crippen molar-refractivity contribution in [1.82, 2.24) is 19.3 Å². The van der Waals surface area contributed by atoms with Gasteiger partial charge in [-0.3, -0.25) is 9.97 Å². The maximum Gasteiger partial charge on any atom is 0.173 e. The van der Waals surface area contributed by atoms with Gasteiger partial charge in [0, 0.05) is 57.4 Å². The monoisotopic (exact) mass is 726 g/mol. The van der Waals surface area contributed by atoms with Crippen molar-refractivity contribution in [3.63, 3.8) is 0 Å². The van der Waals surface area contributed by atoms with Crippen LogP contribution in [0.15, 0.2) is 207 Å². The van der Waals surface area contributed by atoms with Crippen LogP contribution in [0.25, 0.3) is 44.2 Å². The average Bonchev–Trinajstić information content (AvgIpc) is 3.77. The van der Waals surface area contributed by atoms with Crippen molar-refractivity contribution < 1.29 is 0 Å². The molecule has 6 nitrogen and oxygen atoms in total. The molecule has 0 saturated carbocycles. The number of pyridine rings is 2. The van der Waals surface area contributed by atoms with Gasteiger partial charge in [0.15, 0.2) is 5.82 Å². The van der Waals surface area contributed by atoms with Gasteiger partial charge in [0.1, 0.15) is 5.01 Å². The number of aromatic nitrogens is 4. The summed E-state index contributed by atoms with van der Waals surface area (Å²) >= 11 is 1.40. The van der Waals surface area contributed by atoms with Crippen LogP contribution >= 0.6 is 11.5 Å². The van der Waals surface area contributed by atoms with Crippen molar-refractivity contribution in [2.24, 2.45) is 0 Å². The molecule has 3 aromatic heterocycles. The molecule has 0 aliphatic rings. The van der Waals surface area contributed by atoms with Crippen LogP contribution < -0.4 is 9.80 Å². The summed E-state index contributed by atoms with van der Waals surface area (Å²) in [7, 11) is 0. The first kappa shape index (κ1) is 33.6. The largest absolute Gasteiger partial charge is 0.311 e. The fourth-order valence-electron chi connectivity index (χ4n) is 6.70. The van der Waals surface area contributed by atoms with Crippen LogP contribution in [0, 0.1) is 0 Å². The number of para-hydroxylation sites is 2. The van der Waals surface area contributed by atoms with Crippen molar-refractivity contribution >= 4 is 45.7 Å². The maximum atomic E-state index is 4.98. The Morgan fingerprint density at radius 3 is 1.20 bits per heavy atom. The van der Waals surface area contributed by atoms with Gasteiger partial charge in [-0.1, -0.05) is 97.1 Å². The second kappa shape index (κ2) is 15.4. The van der Waals surface area contributed by atoms with Gasteiger partial charge >= 0.3 is 0 Å². The molecule has 6 aromatic carbocycles. The molecule has 7 heteroatoms. The Labute approximate surface area is 324 Å². The molecule has 9 rings (SSSR count). The van der Waals surface area contributed by atoms with Crippen molar-refractivity contribution in [3.8, 4) is 44.2 Å². The molecular weight excluding hydrogens is 693 g/mol. The predicted molar refractivity (Wildman–Crippen MR) is 227 cm³/mol. The van der Waals surface area contributed by atoms with Gasteiger partial charge in [-0.2, -0.15) is 4.37 Å². The minimum absolute atomic E-state index is 0.704. The van der Waals surface area contributed by atoms with E-state index in [2.05, 4.69) is 153 Å². The summed E-state index contributed by atoms with van der Waals surface area (Å²) in [6, 6.07) is 62.7. The fourth-order valence-corrected chi connectivity index (χ4v) is 7.38. The molecule has 3 heterocycles. The molecular formula is C48H34N6S. The Morgan fingerprint density at radius 1 is 0.327 bits per heavy atom. The molecule has 0 saturated heterocycles. The Hall–Kier alpha value is -7.22. The molecule has 0 bridgehead atoms. The van der Waals surface area contributed by atoms with E-state index in [0.717, 1.165) is 72.5 Å². The molecule has 0 spiro atoms. The number of nitrogens with zero attached hydrogens (tertiary/aromatic N) is 6. The van der Waals surface area contributed by atoms with Crippen LogP contribution in [0.1, 0.15) is 0 Å². The lowest BCUT2D eigenvalue weighted by Gasteiger charge is -2.26. The van der Waals surface area contributed by atoms with Crippen molar-refractivity contribution in [3.05, 3.63) is 207 Å². The Balaban J connectivity index is 1.02. The molecule has 0 unspecified atom stereocenters. The minimum Gasteiger partial charge on any atom is -0.311 e. The van der Waals surface area contributed by atoms with Crippen LogP contribution in [0.4, 0.5) is 34.1 Å². The Morgan fingerprint density at radius 2 is 0.727 bits per heavy atom. The lowest BCUT2D eigenvalue weighted by atomic mass is 10.1. The summed E-state index contributed by atoms with van der Waals surface area (Å²) in [5.41, 5.74) is 12.3. The van der Waals surface area contributed by atoms with Crippen LogP contribution in [0.3, 0.4) is 0 Å². The first-order valence-corrected chi connectivity index (χ1v) is 18.8. The maximum absolute atomic E-state index is 4.98. The first-order valence-electron chi connectivity index (χ1n) is 18.0. The normalized spacial score (nSPS) is 10.9. The number of anilines is 6. The average molecular weight is 727 g/mol. The van der Waals surface area contributed by atoms with E-state index in [1.54, 1.807) is 0 Å². The molecule has 262 valence electrons. The number of hydrogen-bond donors (Lipinski definition) is 0. The van der Waals surface area contributed by atoms with E-state index in [4.69, 9.17) is 9.36 Å². The summed E-state index contributed by atoms with van der Waals surface area (Å²) in [6.07, 6.45) is 7.61. The molecule has 55 heavy (non-hydrogen) atoms. The van der Waals surface area contributed by atoms with E-state index in [1.165, 1.54) is 11.5 Å². The van der Waals surface area contributed by atoms with E-state index < -0.39 is 0 Å². The molecule has 0 amide bonds. The predicted octanol–water partition coefficient (Wildman–Crippen LogP) is 12.9. The van der Waals surface area contributed by atoms with Crippen molar-refractivity contribution in [1.29, 1.82) is 0 Å². The second-order valence-corrected chi connectivity index (χ2v) is 13.7. The molecule has 0 aliphatic carbocycles. The summed E-state index contributed by atoms with van der Waals surface area (Å²) in [5, 5.41) is 0.854. The van der Waals surface area contributed by atoms with E-state index in [-0.39, 0.29) is 0 Å². The summed E-state index contributed by atoms with van der Waals surface area (Å²) in [4.78, 5) is 18.8. The SMILES string of the molecule is c1ccc(-c2cncc(N(c3ccc(-c4nc(-c5ccc(N(c6ccccc6)c6ccccc6)cc5)ns4)cc3)c3cncc(-c4ccccc4)c3)c2)cc1. The zero-order valence-electron chi connectivity index (χ0n) is 29.7. The van der Waals surface area contributed by atoms with Gasteiger partial charge in [0.2, 0.25) is 0 Å². The van der Waals surface area contributed by atoms with E-state index in [0.29, 0.717) is 5.82 Å². The highest BCUT2D eigenvalue weighted by Crippen LogP contribution is 2.39.